The van der Waals surface area contributed by atoms with Crippen molar-refractivity contribution in [3.8, 4) is 11.1 Å². The van der Waals surface area contributed by atoms with Gasteiger partial charge in [0.1, 0.15) is 5.52 Å². The number of carbonyl (C=O) groups excluding carboxylic acids is 1. The topological polar surface area (TPSA) is 71.3 Å². The van der Waals surface area contributed by atoms with Crippen molar-refractivity contribution in [2.24, 2.45) is 5.92 Å². The highest BCUT2D eigenvalue weighted by atomic mass is 35.5. The summed E-state index contributed by atoms with van der Waals surface area (Å²) in [6, 6.07) is 15.9. The second kappa shape index (κ2) is 9.70. The lowest BCUT2D eigenvalue weighted by molar-refractivity contribution is 0.0540. The molecule has 1 fully saturated rings. The first-order valence-electron chi connectivity index (χ1n) is 12.0. The summed E-state index contributed by atoms with van der Waals surface area (Å²) in [6.45, 7) is 7.46. The number of rotatable bonds is 5. The van der Waals surface area contributed by atoms with Crippen molar-refractivity contribution in [3.05, 3.63) is 76.6 Å². The van der Waals surface area contributed by atoms with Gasteiger partial charge in [-0.1, -0.05) is 42.3 Å². The van der Waals surface area contributed by atoms with Crippen LogP contribution in [0.4, 0.5) is 6.01 Å². The lowest BCUT2D eigenvalue weighted by atomic mass is 9.89. The van der Waals surface area contributed by atoms with E-state index in [9.17, 15) is 4.79 Å². The molecule has 6 nitrogen and oxygen atoms in total. The van der Waals surface area contributed by atoms with Gasteiger partial charge in [-0.05, 0) is 68.5 Å². The standard InChI is InChI=1S/C28H29ClN4O2/c1-17-6-10-22(20-8-7-19(3)30-15-20)23(13-17)27(34)33-12-4-5-18(2)25(33)16-31-28-32-24-14-21(29)9-11-26(24)35-28/h6-11,13-15,18,25H,4-5,12,16H2,1-3H3,(H,31,32)/t18?,25-/m1/s1. The molecule has 0 spiro atoms. The van der Waals surface area contributed by atoms with Crippen LogP contribution in [0, 0.1) is 19.8 Å². The number of likely N-dealkylation sites (tertiary alicyclic amines) is 1. The molecule has 1 amide bonds. The second-order valence-electron chi connectivity index (χ2n) is 9.43. The van der Waals surface area contributed by atoms with Crippen LogP contribution in [-0.2, 0) is 0 Å². The molecular weight excluding hydrogens is 460 g/mol. The number of fused-ring (bicyclic) bond motifs is 1. The van der Waals surface area contributed by atoms with Gasteiger partial charge in [-0.2, -0.15) is 4.98 Å². The molecule has 1 N–H and O–H groups in total. The lowest BCUT2D eigenvalue weighted by Crippen LogP contribution is -2.51. The summed E-state index contributed by atoms with van der Waals surface area (Å²) in [6.07, 6.45) is 3.90. The van der Waals surface area contributed by atoms with E-state index in [2.05, 4.69) is 22.2 Å². The number of benzene rings is 2. The number of aromatic nitrogens is 2. The molecule has 4 aromatic rings. The molecule has 1 unspecified atom stereocenters. The van der Waals surface area contributed by atoms with Crippen molar-refractivity contribution in [2.45, 2.75) is 39.7 Å². The van der Waals surface area contributed by atoms with E-state index in [1.54, 1.807) is 12.1 Å². The molecule has 1 aliphatic heterocycles. The highest BCUT2D eigenvalue weighted by molar-refractivity contribution is 6.31. The van der Waals surface area contributed by atoms with Gasteiger partial charge in [0.15, 0.2) is 5.58 Å². The minimum atomic E-state index is 0.0133. The number of hydrogen-bond acceptors (Lipinski definition) is 5. The molecule has 1 aliphatic rings. The monoisotopic (exact) mass is 488 g/mol. The van der Waals surface area contributed by atoms with Crippen LogP contribution in [0.5, 0.6) is 0 Å². The van der Waals surface area contributed by atoms with Crippen LogP contribution < -0.4 is 5.32 Å². The van der Waals surface area contributed by atoms with E-state index in [4.69, 9.17) is 16.0 Å². The normalized spacial score (nSPS) is 18.1. The highest BCUT2D eigenvalue weighted by Crippen LogP contribution is 2.31. The highest BCUT2D eigenvalue weighted by Gasteiger charge is 2.33. The number of aryl methyl sites for hydroxylation is 2. The molecule has 2 atom stereocenters. The minimum absolute atomic E-state index is 0.0133. The van der Waals surface area contributed by atoms with Crippen molar-refractivity contribution in [1.82, 2.24) is 14.9 Å². The van der Waals surface area contributed by atoms with Crippen molar-refractivity contribution < 1.29 is 9.21 Å². The summed E-state index contributed by atoms with van der Waals surface area (Å²) in [5.41, 5.74) is 5.97. The smallest absolute Gasteiger partial charge is 0.295 e. The van der Waals surface area contributed by atoms with E-state index in [1.807, 2.05) is 61.3 Å². The van der Waals surface area contributed by atoms with Crippen LogP contribution in [-0.4, -0.2) is 39.9 Å². The number of piperidine rings is 1. The molecule has 3 heterocycles. The summed E-state index contributed by atoms with van der Waals surface area (Å²) >= 11 is 6.08. The van der Waals surface area contributed by atoms with E-state index in [-0.39, 0.29) is 11.9 Å². The molecule has 0 saturated carbocycles. The summed E-state index contributed by atoms with van der Waals surface area (Å²) in [4.78, 5) is 25.0. The maximum atomic E-state index is 14.0. The first-order chi connectivity index (χ1) is 16.9. The average molecular weight is 489 g/mol. The Balaban J connectivity index is 1.42. The zero-order valence-electron chi connectivity index (χ0n) is 20.2. The molecule has 2 aromatic heterocycles. The molecule has 1 saturated heterocycles. The third kappa shape index (κ3) is 4.89. The molecule has 180 valence electrons. The number of amides is 1. The van der Waals surface area contributed by atoms with Gasteiger partial charge in [0, 0.05) is 41.1 Å². The third-order valence-corrected chi connectivity index (χ3v) is 7.05. The Morgan fingerprint density at radius 1 is 1.17 bits per heavy atom. The van der Waals surface area contributed by atoms with Gasteiger partial charge in [0.25, 0.3) is 11.9 Å². The predicted molar refractivity (Wildman–Crippen MR) is 140 cm³/mol. The lowest BCUT2D eigenvalue weighted by Gasteiger charge is -2.40. The minimum Gasteiger partial charge on any atom is -0.424 e. The van der Waals surface area contributed by atoms with E-state index < -0.39 is 0 Å². The van der Waals surface area contributed by atoms with Crippen LogP contribution >= 0.6 is 11.6 Å². The summed E-state index contributed by atoms with van der Waals surface area (Å²) < 4.78 is 5.84. The van der Waals surface area contributed by atoms with Gasteiger partial charge >= 0.3 is 0 Å². The van der Waals surface area contributed by atoms with Crippen LogP contribution in [0.25, 0.3) is 22.2 Å². The third-order valence-electron chi connectivity index (χ3n) is 6.82. The summed E-state index contributed by atoms with van der Waals surface area (Å²) in [7, 11) is 0. The van der Waals surface area contributed by atoms with Gasteiger partial charge in [-0.25, -0.2) is 0 Å². The molecular formula is C28H29ClN4O2. The van der Waals surface area contributed by atoms with Gasteiger partial charge in [-0.15, -0.1) is 0 Å². The Morgan fingerprint density at radius 2 is 2.03 bits per heavy atom. The number of nitrogens with zero attached hydrogens (tertiary/aromatic N) is 3. The Bertz CT molecular complexity index is 1370. The number of hydrogen-bond donors (Lipinski definition) is 1. The molecule has 5 rings (SSSR count). The molecule has 0 bridgehead atoms. The number of carbonyl (C=O) groups is 1. The van der Waals surface area contributed by atoms with Crippen LogP contribution in [0.1, 0.15) is 41.4 Å². The van der Waals surface area contributed by atoms with E-state index in [0.717, 1.165) is 41.8 Å². The van der Waals surface area contributed by atoms with Crippen molar-refractivity contribution in [1.29, 1.82) is 0 Å². The fourth-order valence-electron chi connectivity index (χ4n) is 4.85. The fourth-order valence-corrected chi connectivity index (χ4v) is 5.02. The first kappa shape index (κ1) is 23.4. The average Bonchev–Trinajstić information content (AvgIpc) is 3.25. The summed E-state index contributed by atoms with van der Waals surface area (Å²) in [5.74, 6) is 0.389. The largest absolute Gasteiger partial charge is 0.424 e. The number of anilines is 1. The van der Waals surface area contributed by atoms with E-state index in [1.165, 1.54) is 0 Å². The van der Waals surface area contributed by atoms with Crippen LogP contribution in [0.15, 0.2) is 59.1 Å². The zero-order chi connectivity index (χ0) is 24.5. The number of halogens is 1. The predicted octanol–water partition coefficient (Wildman–Crippen LogP) is 6.51. The van der Waals surface area contributed by atoms with Crippen molar-refractivity contribution in [2.75, 3.05) is 18.4 Å². The van der Waals surface area contributed by atoms with Gasteiger partial charge in [0.2, 0.25) is 0 Å². The number of nitrogens with one attached hydrogen (secondary N) is 1. The maximum Gasteiger partial charge on any atom is 0.295 e. The van der Waals surface area contributed by atoms with Gasteiger partial charge < -0.3 is 14.6 Å². The number of pyridine rings is 1. The molecule has 2 aromatic carbocycles. The first-order valence-corrected chi connectivity index (χ1v) is 12.4. The van der Waals surface area contributed by atoms with E-state index >= 15 is 0 Å². The maximum absolute atomic E-state index is 14.0. The van der Waals surface area contributed by atoms with Gasteiger partial charge in [0.05, 0.1) is 6.04 Å². The summed E-state index contributed by atoms with van der Waals surface area (Å²) in [5, 5.41) is 3.95. The molecule has 0 aliphatic carbocycles. The van der Waals surface area contributed by atoms with Gasteiger partial charge in [-0.3, -0.25) is 9.78 Å². The zero-order valence-corrected chi connectivity index (χ0v) is 21.0. The van der Waals surface area contributed by atoms with E-state index in [0.29, 0.717) is 40.2 Å². The Hall–Kier alpha value is -3.38. The molecule has 0 radical (unpaired) electrons. The fraction of sp³-hybridized carbons (Fsp3) is 0.321. The molecule has 35 heavy (non-hydrogen) atoms. The van der Waals surface area contributed by atoms with Crippen LogP contribution in [0.2, 0.25) is 5.02 Å². The Kier molecular flexibility index (Phi) is 6.48. The second-order valence-corrected chi connectivity index (χ2v) is 9.87. The Labute approximate surface area is 210 Å². The van der Waals surface area contributed by atoms with Crippen molar-refractivity contribution in [3.63, 3.8) is 0 Å². The van der Waals surface area contributed by atoms with Crippen molar-refractivity contribution >= 4 is 34.6 Å². The molecule has 7 heteroatoms. The SMILES string of the molecule is Cc1ccc(-c2ccc(C)nc2)c(C(=O)N2CCCC(C)[C@H]2CNc2nc3cc(Cl)ccc3o2)c1. The van der Waals surface area contributed by atoms with Crippen LogP contribution in [0.3, 0.4) is 0 Å². The number of oxazole rings is 1. The Morgan fingerprint density at radius 3 is 2.83 bits per heavy atom. The quantitative estimate of drug-likeness (QED) is 0.346.